The summed E-state index contributed by atoms with van der Waals surface area (Å²) in [7, 11) is 0. The van der Waals surface area contributed by atoms with Gasteiger partial charge in [-0.05, 0) is 39.3 Å². The molecule has 0 radical (unpaired) electrons. The Kier molecular flexibility index (Phi) is 6.80. The molecule has 1 aromatic carbocycles. The number of benzene rings is 1. The van der Waals surface area contributed by atoms with E-state index >= 15 is 0 Å². The number of carbonyl (C=O) groups is 1. The quantitative estimate of drug-likeness (QED) is 0.547. The Morgan fingerprint density at radius 2 is 1.88 bits per heavy atom. The van der Waals surface area contributed by atoms with E-state index < -0.39 is 0 Å². The summed E-state index contributed by atoms with van der Waals surface area (Å²) in [5.74, 6) is 1.35. The summed E-state index contributed by atoms with van der Waals surface area (Å²) in [6, 6.07) is 10.1. The van der Waals surface area contributed by atoms with Gasteiger partial charge in [-0.2, -0.15) is 5.10 Å². The van der Waals surface area contributed by atoms with Crippen LogP contribution in [0.4, 0.5) is 11.8 Å². The second kappa shape index (κ2) is 9.74. The number of para-hydroxylation sites is 1. The number of nitrogens with zero attached hydrogens (tertiary/aromatic N) is 6. The van der Waals surface area contributed by atoms with Crippen molar-refractivity contribution in [1.82, 2.24) is 24.5 Å². The van der Waals surface area contributed by atoms with Crippen molar-refractivity contribution in [1.29, 1.82) is 0 Å². The fourth-order valence-electron chi connectivity index (χ4n) is 3.60. The molecule has 9 nitrogen and oxygen atoms in total. The fourth-order valence-corrected chi connectivity index (χ4v) is 4.45. The van der Waals surface area contributed by atoms with Gasteiger partial charge in [-0.1, -0.05) is 30.0 Å². The number of hydrogen-bond donors (Lipinski definition) is 1. The first-order chi connectivity index (χ1) is 15.5. The molecule has 10 heteroatoms. The predicted octanol–water partition coefficient (Wildman–Crippen LogP) is 3.31. The second-order valence-corrected chi connectivity index (χ2v) is 9.32. The van der Waals surface area contributed by atoms with E-state index in [2.05, 4.69) is 44.6 Å². The molecule has 0 aliphatic carbocycles. The summed E-state index contributed by atoms with van der Waals surface area (Å²) in [6.45, 7) is 10.8. The van der Waals surface area contributed by atoms with Crippen LogP contribution in [0.15, 0.2) is 41.7 Å². The van der Waals surface area contributed by atoms with E-state index in [1.807, 2.05) is 43.5 Å². The first-order valence-corrected chi connectivity index (χ1v) is 11.7. The van der Waals surface area contributed by atoms with Crippen LogP contribution >= 0.6 is 11.8 Å². The summed E-state index contributed by atoms with van der Waals surface area (Å²) in [5, 5.41) is 16.5. The Labute approximate surface area is 192 Å². The van der Waals surface area contributed by atoms with Crippen LogP contribution in [0.3, 0.4) is 0 Å². The monoisotopic (exact) mass is 455 g/mol. The van der Waals surface area contributed by atoms with Gasteiger partial charge in [0, 0.05) is 25.2 Å². The van der Waals surface area contributed by atoms with Crippen molar-refractivity contribution in [2.24, 2.45) is 0 Å². The number of anilines is 2. The molecule has 170 valence electrons. The zero-order chi connectivity index (χ0) is 22.7. The number of nitrogens with one attached hydrogen (secondary N) is 1. The lowest BCUT2D eigenvalue weighted by Crippen LogP contribution is -2.38. The van der Waals surface area contributed by atoms with Crippen LogP contribution in [0.5, 0.6) is 0 Å². The molecule has 1 saturated heterocycles. The minimum atomic E-state index is -0.380. The Morgan fingerprint density at radius 1 is 1.12 bits per heavy atom. The highest BCUT2D eigenvalue weighted by atomic mass is 32.2. The summed E-state index contributed by atoms with van der Waals surface area (Å²) >= 11 is 1.39. The highest BCUT2D eigenvalue weighted by molar-refractivity contribution is 8.00. The molecule has 0 saturated carbocycles. The summed E-state index contributed by atoms with van der Waals surface area (Å²) in [5.41, 5.74) is 2.12. The van der Waals surface area contributed by atoms with E-state index in [9.17, 15) is 4.79 Å². The largest absolute Gasteiger partial charge is 0.378 e. The number of morpholine rings is 1. The second-order valence-electron chi connectivity index (χ2n) is 8.01. The third-order valence-corrected chi connectivity index (χ3v) is 6.37. The molecule has 1 aliphatic heterocycles. The maximum Gasteiger partial charge on any atom is 0.238 e. The SMILES string of the molecule is Cc1ccccc1-n1c(SC(C)C(=O)Nc2ccnn2C(C)C)nnc1N1CCOCC1. The molecule has 1 atom stereocenters. The topological polar surface area (TPSA) is 90.1 Å². The highest BCUT2D eigenvalue weighted by Crippen LogP contribution is 2.31. The molecular formula is C22H29N7O2S. The molecule has 1 N–H and O–H groups in total. The maximum atomic E-state index is 13.0. The van der Waals surface area contributed by atoms with Gasteiger partial charge >= 0.3 is 0 Å². The molecule has 0 bridgehead atoms. The Hall–Kier alpha value is -2.85. The number of carbonyl (C=O) groups excluding carboxylic acids is 1. The number of aromatic nitrogens is 5. The standard InChI is InChI=1S/C22H29N7O2S/c1-15(2)29-19(9-10-23-29)24-20(30)17(4)32-22-26-25-21(27-11-13-31-14-12-27)28(22)18-8-6-5-7-16(18)3/h5-10,15,17H,11-14H2,1-4H3,(H,24,30). The van der Waals surface area contributed by atoms with Gasteiger partial charge in [-0.25, -0.2) is 4.68 Å². The van der Waals surface area contributed by atoms with Gasteiger partial charge < -0.3 is 15.0 Å². The molecule has 3 aromatic rings. The zero-order valence-corrected chi connectivity index (χ0v) is 19.7. The van der Waals surface area contributed by atoms with Crippen LogP contribution in [0, 0.1) is 6.92 Å². The van der Waals surface area contributed by atoms with Crippen LogP contribution in [0.25, 0.3) is 5.69 Å². The summed E-state index contributed by atoms with van der Waals surface area (Å²) in [6.07, 6.45) is 1.69. The Morgan fingerprint density at radius 3 is 2.59 bits per heavy atom. The van der Waals surface area contributed by atoms with E-state index in [0.717, 1.165) is 30.3 Å². The van der Waals surface area contributed by atoms with E-state index in [4.69, 9.17) is 4.74 Å². The number of hydrogen-bond acceptors (Lipinski definition) is 7. The highest BCUT2D eigenvalue weighted by Gasteiger charge is 2.26. The lowest BCUT2D eigenvalue weighted by Gasteiger charge is -2.28. The van der Waals surface area contributed by atoms with Gasteiger partial charge in [0.2, 0.25) is 11.9 Å². The van der Waals surface area contributed by atoms with E-state index in [0.29, 0.717) is 24.2 Å². The molecule has 1 unspecified atom stereocenters. The number of rotatable bonds is 7. The minimum Gasteiger partial charge on any atom is -0.378 e. The number of amides is 1. The van der Waals surface area contributed by atoms with Gasteiger partial charge in [0.05, 0.1) is 30.3 Å². The van der Waals surface area contributed by atoms with Crippen molar-refractivity contribution in [2.45, 2.75) is 44.1 Å². The summed E-state index contributed by atoms with van der Waals surface area (Å²) < 4.78 is 9.35. The van der Waals surface area contributed by atoms with Crippen molar-refractivity contribution in [3.8, 4) is 5.69 Å². The first-order valence-electron chi connectivity index (χ1n) is 10.8. The molecule has 2 aromatic heterocycles. The van der Waals surface area contributed by atoms with Crippen molar-refractivity contribution in [2.75, 3.05) is 36.5 Å². The molecule has 4 rings (SSSR count). The van der Waals surface area contributed by atoms with Gasteiger partial charge in [-0.3, -0.25) is 9.36 Å². The van der Waals surface area contributed by atoms with E-state index in [1.165, 1.54) is 11.8 Å². The van der Waals surface area contributed by atoms with Crippen LogP contribution < -0.4 is 10.2 Å². The van der Waals surface area contributed by atoms with Crippen molar-refractivity contribution in [3.63, 3.8) is 0 Å². The molecule has 1 aliphatic rings. The van der Waals surface area contributed by atoms with E-state index in [-0.39, 0.29) is 17.2 Å². The smallest absolute Gasteiger partial charge is 0.238 e. The third kappa shape index (κ3) is 4.66. The molecule has 1 fully saturated rings. The molecule has 1 amide bonds. The van der Waals surface area contributed by atoms with Gasteiger partial charge in [0.1, 0.15) is 5.82 Å². The van der Waals surface area contributed by atoms with Gasteiger partial charge in [0.15, 0.2) is 5.16 Å². The van der Waals surface area contributed by atoms with Gasteiger partial charge in [-0.15, -0.1) is 10.2 Å². The zero-order valence-electron chi connectivity index (χ0n) is 18.9. The summed E-state index contributed by atoms with van der Waals surface area (Å²) in [4.78, 5) is 15.1. The van der Waals surface area contributed by atoms with Crippen molar-refractivity contribution in [3.05, 3.63) is 42.1 Å². The lowest BCUT2D eigenvalue weighted by atomic mass is 10.2. The van der Waals surface area contributed by atoms with Crippen LogP contribution in [0.1, 0.15) is 32.4 Å². The Balaban J connectivity index is 1.60. The number of thioether (sulfide) groups is 1. The lowest BCUT2D eigenvalue weighted by molar-refractivity contribution is -0.115. The Bertz CT molecular complexity index is 1070. The van der Waals surface area contributed by atoms with E-state index in [1.54, 1.807) is 10.9 Å². The van der Waals surface area contributed by atoms with Crippen LogP contribution in [-0.4, -0.2) is 62.0 Å². The van der Waals surface area contributed by atoms with Crippen molar-refractivity contribution < 1.29 is 9.53 Å². The van der Waals surface area contributed by atoms with Crippen LogP contribution in [-0.2, 0) is 9.53 Å². The first kappa shape index (κ1) is 22.3. The molecular weight excluding hydrogens is 426 g/mol. The fraction of sp³-hybridized carbons (Fsp3) is 0.455. The average Bonchev–Trinajstić information content (AvgIpc) is 3.42. The maximum absolute atomic E-state index is 13.0. The predicted molar refractivity (Wildman–Crippen MR) is 126 cm³/mol. The van der Waals surface area contributed by atoms with Gasteiger partial charge in [0.25, 0.3) is 0 Å². The van der Waals surface area contributed by atoms with Crippen LogP contribution in [0.2, 0.25) is 0 Å². The number of ether oxygens (including phenoxy) is 1. The molecule has 32 heavy (non-hydrogen) atoms. The molecule has 3 heterocycles. The normalized spacial score (nSPS) is 15.2. The average molecular weight is 456 g/mol. The minimum absolute atomic E-state index is 0.107. The number of aryl methyl sites for hydroxylation is 1. The third-order valence-electron chi connectivity index (χ3n) is 5.33. The molecule has 0 spiro atoms. The van der Waals surface area contributed by atoms with Crippen molar-refractivity contribution >= 4 is 29.4 Å².